The number of amides is 2. The number of nitrogens with two attached hydrogens (primary N) is 1. The predicted octanol–water partition coefficient (Wildman–Crippen LogP) is 0.588. The van der Waals surface area contributed by atoms with Gasteiger partial charge in [0.15, 0.2) is 0 Å². The zero-order chi connectivity index (χ0) is 22.5. The van der Waals surface area contributed by atoms with Crippen LogP contribution in [0.25, 0.3) is 0 Å². The monoisotopic (exact) mass is 437 g/mol. The molecular formula is C19H23N3O9. The van der Waals surface area contributed by atoms with E-state index in [9.17, 15) is 14.4 Å². The van der Waals surface area contributed by atoms with E-state index in [1.54, 1.807) is 11.1 Å². The molecule has 0 saturated carbocycles. The van der Waals surface area contributed by atoms with Gasteiger partial charge in [-0.3, -0.25) is 4.90 Å². The van der Waals surface area contributed by atoms with Gasteiger partial charge in [-0.15, -0.1) is 0 Å². The summed E-state index contributed by atoms with van der Waals surface area (Å²) in [5.41, 5.74) is 6.53. The van der Waals surface area contributed by atoms with Crippen LogP contribution in [0.5, 0.6) is 5.75 Å². The Hall–Kier alpha value is -3.25. The Morgan fingerprint density at radius 1 is 1.19 bits per heavy atom. The highest BCUT2D eigenvalue weighted by Crippen LogP contribution is 2.58. The van der Waals surface area contributed by atoms with Gasteiger partial charge in [0.2, 0.25) is 5.79 Å². The smallest absolute Gasteiger partial charge is 0.410 e. The summed E-state index contributed by atoms with van der Waals surface area (Å²) in [6, 6.07) is 2.33. The van der Waals surface area contributed by atoms with Crippen LogP contribution in [0.4, 0.5) is 15.3 Å². The van der Waals surface area contributed by atoms with Crippen LogP contribution in [0.3, 0.4) is 0 Å². The van der Waals surface area contributed by atoms with Crippen molar-refractivity contribution < 1.29 is 42.9 Å². The Morgan fingerprint density at radius 2 is 1.94 bits per heavy atom. The van der Waals surface area contributed by atoms with Crippen molar-refractivity contribution in [3.63, 3.8) is 0 Å². The topological polar surface area (TPSA) is 139 Å². The Kier molecular flexibility index (Phi) is 5.06. The van der Waals surface area contributed by atoms with Crippen molar-refractivity contribution in [1.29, 1.82) is 0 Å². The lowest BCUT2D eigenvalue weighted by Crippen LogP contribution is -2.60. The van der Waals surface area contributed by atoms with Gasteiger partial charge < -0.3 is 29.4 Å². The van der Waals surface area contributed by atoms with Crippen molar-refractivity contribution in [2.24, 2.45) is 5.73 Å². The van der Waals surface area contributed by atoms with Crippen molar-refractivity contribution >= 4 is 23.8 Å². The first kappa shape index (κ1) is 21.0. The lowest BCUT2D eigenvalue weighted by Gasteiger charge is -2.49. The highest BCUT2D eigenvalue weighted by atomic mass is 16.8. The van der Waals surface area contributed by atoms with Crippen LogP contribution in [0.2, 0.25) is 0 Å². The molecule has 3 heterocycles. The Bertz CT molecular complexity index is 938. The molecule has 0 aromatic heterocycles. The second-order valence-electron chi connectivity index (χ2n) is 7.25. The molecule has 168 valence electrons. The van der Waals surface area contributed by atoms with Gasteiger partial charge in [-0.2, -0.15) is 0 Å². The number of carbonyl (C=O) groups is 3. The first-order chi connectivity index (χ1) is 14.8. The first-order valence-electron chi connectivity index (χ1n) is 9.43. The molecule has 2 bridgehead atoms. The van der Waals surface area contributed by atoms with E-state index < -0.39 is 35.9 Å². The van der Waals surface area contributed by atoms with E-state index >= 15 is 0 Å². The number of fused-ring (bicyclic) bond motifs is 6. The van der Waals surface area contributed by atoms with Crippen LogP contribution in [-0.2, 0) is 23.8 Å². The molecule has 12 nitrogen and oxygen atoms in total. The molecule has 3 aliphatic rings. The third kappa shape index (κ3) is 3.01. The highest BCUT2D eigenvalue weighted by molar-refractivity contribution is 5.92. The van der Waals surface area contributed by atoms with Gasteiger partial charge in [-0.1, -0.05) is 0 Å². The van der Waals surface area contributed by atoms with Crippen LogP contribution in [-0.4, -0.2) is 82.5 Å². The normalized spacial score (nSPS) is 27.5. The van der Waals surface area contributed by atoms with Crippen molar-refractivity contribution in [1.82, 2.24) is 4.90 Å². The van der Waals surface area contributed by atoms with Crippen molar-refractivity contribution in [2.45, 2.75) is 23.8 Å². The average Bonchev–Trinajstić information content (AvgIpc) is 3.51. The Morgan fingerprint density at radius 3 is 2.52 bits per heavy atom. The summed E-state index contributed by atoms with van der Waals surface area (Å²) < 4.78 is 26.2. The van der Waals surface area contributed by atoms with Crippen molar-refractivity contribution in [3.05, 3.63) is 23.3 Å². The van der Waals surface area contributed by atoms with Gasteiger partial charge >= 0.3 is 18.2 Å². The number of nitrogens with zero attached hydrogens (tertiary/aromatic N) is 2. The lowest BCUT2D eigenvalue weighted by atomic mass is 9.82. The zero-order valence-corrected chi connectivity index (χ0v) is 17.4. The molecule has 2 N–H and O–H groups in total. The number of rotatable bonds is 5. The SMILES string of the molecule is COC(=O)c1cc(OC)c2c(c1)N1C[C@@H]3[C@@H](N3C(=O)OC)[C@@](OC)(O1)[C@H]2COC(N)=O. The van der Waals surface area contributed by atoms with Crippen LogP contribution < -0.4 is 15.5 Å². The maximum atomic E-state index is 12.3. The van der Waals surface area contributed by atoms with Crippen LogP contribution in [0, 0.1) is 0 Å². The molecule has 4 atom stereocenters. The first-order valence-corrected chi connectivity index (χ1v) is 9.43. The van der Waals surface area contributed by atoms with Crippen LogP contribution in [0.15, 0.2) is 12.1 Å². The fourth-order valence-corrected chi connectivity index (χ4v) is 4.57. The molecule has 2 fully saturated rings. The number of hydrogen-bond donors (Lipinski definition) is 1. The molecule has 0 radical (unpaired) electrons. The largest absolute Gasteiger partial charge is 0.496 e. The van der Waals surface area contributed by atoms with E-state index in [0.29, 0.717) is 23.5 Å². The summed E-state index contributed by atoms with van der Waals surface area (Å²) in [5.74, 6) is -2.36. The second-order valence-corrected chi connectivity index (χ2v) is 7.25. The van der Waals surface area contributed by atoms with Crippen LogP contribution >= 0.6 is 0 Å². The number of primary amides is 1. The quantitative estimate of drug-likeness (QED) is 0.395. The summed E-state index contributed by atoms with van der Waals surface area (Å²) in [6.45, 7) is 0.0885. The number of hydrogen-bond acceptors (Lipinski definition) is 10. The van der Waals surface area contributed by atoms with Crippen molar-refractivity contribution in [2.75, 3.05) is 46.7 Å². The minimum absolute atomic E-state index is 0.212. The van der Waals surface area contributed by atoms with Gasteiger partial charge in [-0.25, -0.2) is 24.3 Å². The fraction of sp³-hybridized carbons (Fsp3) is 0.526. The molecule has 2 saturated heterocycles. The predicted molar refractivity (Wildman–Crippen MR) is 103 cm³/mol. The van der Waals surface area contributed by atoms with Crippen LogP contribution in [0.1, 0.15) is 21.8 Å². The van der Waals surface area contributed by atoms with Gasteiger partial charge in [0.05, 0.1) is 51.1 Å². The molecule has 31 heavy (non-hydrogen) atoms. The molecule has 2 amide bonds. The molecule has 1 aromatic carbocycles. The zero-order valence-electron chi connectivity index (χ0n) is 17.4. The Labute approximate surface area is 177 Å². The standard InChI is InChI=1S/C19H23N3O9/c1-26-13-6-9(16(23)27-2)5-11-14(13)10(8-30-17(20)24)19(29-4)15-12(7-21(11)31-19)22(15)18(25)28-3/h5-6,10,12,15H,7-8H2,1-4H3,(H2,20,24)/t10-,12+,15+,19-,22?/m0/s1. The number of carbonyl (C=O) groups excluding carboxylic acids is 3. The van der Waals surface area contributed by atoms with Gasteiger partial charge in [-0.05, 0) is 12.1 Å². The molecule has 3 aliphatic heterocycles. The van der Waals surface area contributed by atoms with Gasteiger partial charge in [0.25, 0.3) is 0 Å². The van der Waals surface area contributed by atoms with Gasteiger partial charge in [0, 0.05) is 12.7 Å². The summed E-state index contributed by atoms with van der Waals surface area (Å²) >= 11 is 0. The minimum atomic E-state index is -1.40. The third-order valence-electron chi connectivity index (χ3n) is 5.91. The molecule has 0 aliphatic carbocycles. The maximum Gasteiger partial charge on any atom is 0.410 e. The number of hydroxylamine groups is 1. The van der Waals surface area contributed by atoms with E-state index in [-0.39, 0.29) is 18.2 Å². The summed E-state index contributed by atoms with van der Waals surface area (Å²) in [4.78, 5) is 43.6. The Balaban J connectivity index is 1.88. The molecule has 4 rings (SSSR count). The number of ether oxygens (including phenoxy) is 5. The number of anilines is 1. The van der Waals surface area contributed by atoms with E-state index in [1.165, 1.54) is 39.4 Å². The summed E-state index contributed by atoms with van der Waals surface area (Å²) in [5, 5.41) is 1.54. The van der Waals surface area contributed by atoms with Crippen molar-refractivity contribution in [3.8, 4) is 5.75 Å². The summed E-state index contributed by atoms with van der Waals surface area (Å²) in [7, 11) is 5.44. The van der Waals surface area contributed by atoms with E-state index in [4.69, 9.17) is 34.3 Å². The average molecular weight is 437 g/mol. The van der Waals surface area contributed by atoms with E-state index in [1.807, 2.05) is 0 Å². The number of esters is 1. The van der Waals surface area contributed by atoms with E-state index in [0.717, 1.165) is 0 Å². The summed E-state index contributed by atoms with van der Waals surface area (Å²) in [6.07, 6.45) is -1.52. The number of benzene rings is 1. The molecule has 0 unspecified atom stereocenters. The molecule has 0 spiro atoms. The third-order valence-corrected chi connectivity index (χ3v) is 5.91. The second kappa shape index (κ2) is 7.46. The lowest BCUT2D eigenvalue weighted by molar-refractivity contribution is -0.265. The molecule has 1 aromatic rings. The molecule has 12 heteroatoms. The fourth-order valence-electron chi connectivity index (χ4n) is 4.57. The maximum absolute atomic E-state index is 12.3. The number of methoxy groups -OCH3 is 4. The minimum Gasteiger partial charge on any atom is -0.496 e. The van der Waals surface area contributed by atoms with E-state index in [2.05, 4.69) is 0 Å². The highest BCUT2D eigenvalue weighted by Gasteiger charge is 2.73. The van der Waals surface area contributed by atoms with Gasteiger partial charge in [0.1, 0.15) is 18.4 Å². The molecular weight excluding hydrogens is 414 g/mol.